The zero-order valence-electron chi connectivity index (χ0n) is 11.0. The van der Waals surface area contributed by atoms with Crippen LogP contribution in [0.1, 0.15) is 31.2 Å². The predicted octanol–water partition coefficient (Wildman–Crippen LogP) is 2.18. The Labute approximate surface area is 122 Å². The van der Waals surface area contributed by atoms with Gasteiger partial charge in [0.2, 0.25) is 0 Å². The van der Waals surface area contributed by atoms with Crippen LogP contribution in [0.25, 0.3) is 0 Å². The van der Waals surface area contributed by atoms with Crippen molar-refractivity contribution < 1.29 is 4.79 Å². The Balaban J connectivity index is 1.73. The molecule has 0 aromatic heterocycles. The van der Waals surface area contributed by atoms with Crippen molar-refractivity contribution in [2.75, 3.05) is 0 Å². The van der Waals surface area contributed by atoms with Crippen LogP contribution in [-0.4, -0.2) is 17.9 Å². The second kappa shape index (κ2) is 4.22. The van der Waals surface area contributed by atoms with Crippen molar-refractivity contribution in [3.8, 4) is 0 Å². The van der Waals surface area contributed by atoms with E-state index in [0.29, 0.717) is 22.9 Å². The highest BCUT2D eigenvalue weighted by Crippen LogP contribution is 2.47. The van der Waals surface area contributed by atoms with Gasteiger partial charge in [0.15, 0.2) is 5.96 Å². The Morgan fingerprint density at radius 1 is 1.15 bits per heavy atom. The molecule has 104 valence electrons. The molecule has 1 amide bonds. The molecule has 3 aliphatic rings. The maximum absolute atomic E-state index is 12.6. The first kappa shape index (κ1) is 12.2. The van der Waals surface area contributed by atoms with Crippen LogP contribution in [0.5, 0.6) is 0 Å². The van der Waals surface area contributed by atoms with Gasteiger partial charge in [0, 0.05) is 5.02 Å². The van der Waals surface area contributed by atoms with E-state index in [2.05, 4.69) is 15.6 Å². The molecule has 4 nitrogen and oxygen atoms in total. The second-order valence-electron chi connectivity index (χ2n) is 5.88. The molecule has 1 aromatic rings. The summed E-state index contributed by atoms with van der Waals surface area (Å²) in [5.74, 6) is 0.997. The summed E-state index contributed by atoms with van der Waals surface area (Å²) in [6.45, 7) is 0. The summed E-state index contributed by atoms with van der Waals surface area (Å²) < 4.78 is 0. The fourth-order valence-electron chi connectivity index (χ4n) is 2.89. The SMILES string of the molecule is O=C1NC(=NC2CC2)NC1(c1ccc(Cl)cc1)C1CC1. The third-order valence-corrected chi connectivity index (χ3v) is 4.51. The molecule has 3 fully saturated rings. The zero-order chi connectivity index (χ0) is 13.7. The van der Waals surface area contributed by atoms with Crippen LogP contribution >= 0.6 is 11.6 Å². The molecular formula is C15H16ClN3O. The predicted molar refractivity (Wildman–Crippen MR) is 77.6 cm³/mol. The first-order valence-corrected chi connectivity index (χ1v) is 7.50. The van der Waals surface area contributed by atoms with E-state index in [0.717, 1.165) is 31.2 Å². The Bertz CT molecular complexity index is 590. The van der Waals surface area contributed by atoms with Gasteiger partial charge in [-0.15, -0.1) is 0 Å². The molecular weight excluding hydrogens is 274 g/mol. The Kier molecular flexibility index (Phi) is 2.58. The van der Waals surface area contributed by atoms with Gasteiger partial charge in [-0.25, -0.2) is 4.99 Å². The summed E-state index contributed by atoms with van der Waals surface area (Å²) in [6.07, 6.45) is 4.39. The van der Waals surface area contributed by atoms with Crippen LogP contribution in [0.15, 0.2) is 29.3 Å². The number of aliphatic imine (C=N–C) groups is 1. The number of hydrogen-bond donors (Lipinski definition) is 2. The van der Waals surface area contributed by atoms with E-state index >= 15 is 0 Å². The molecule has 1 atom stereocenters. The van der Waals surface area contributed by atoms with Crippen molar-refractivity contribution in [1.29, 1.82) is 0 Å². The minimum Gasteiger partial charge on any atom is -0.338 e. The molecule has 1 heterocycles. The number of nitrogens with one attached hydrogen (secondary N) is 2. The highest BCUT2D eigenvalue weighted by molar-refractivity contribution is 6.30. The lowest BCUT2D eigenvalue weighted by atomic mass is 9.85. The van der Waals surface area contributed by atoms with Gasteiger partial charge in [-0.3, -0.25) is 10.1 Å². The van der Waals surface area contributed by atoms with Gasteiger partial charge in [-0.05, 0) is 49.3 Å². The number of halogens is 1. The first-order chi connectivity index (χ1) is 9.68. The average molecular weight is 290 g/mol. The fourth-order valence-corrected chi connectivity index (χ4v) is 3.01. The lowest BCUT2D eigenvalue weighted by Gasteiger charge is -2.27. The Morgan fingerprint density at radius 2 is 1.85 bits per heavy atom. The van der Waals surface area contributed by atoms with E-state index in [-0.39, 0.29) is 5.91 Å². The van der Waals surface area contributed by atoms with Crippen LogP contribution in [0.2, 0.25) is 5.02 Å². The maximum atomic E-state index is 12.6. The van der Waals surface area contributed by atoms with Gasteiger partial charge in [-0.1, -0.05) is 23.7 Å². The number of carbonyl (C=O) groups is 1. The fraction of sp³-hybridized carbons (Fsp3) is 0.467. The van der Waals surface area contributed by atoms with Crippen molar-refractivity contribution >= 4 is 23.5 Å². The summed E-state index contributed by atoms with van der Waals surface area (Å²) in [6, 6.07) is 7.94. The smallest absolute Gasteiger partial charge is 0.257 e. The molecule has 2 aliphatic carbocycles. The number of carbonyl (C=O) groups excluding carboxylic acids is 1. The van der Waals surface area contributed by atoms with Gasteiger partial charge in [0.05, 0.1) is 6.04 Å². The zero-order valence-corrected chi connectivity index (χ0v) is 11.8. The molecule has 0 radical (unpaired) electrons. The largest absolute Gasteiger partial charge is 0.338 e. The topological polar surface area (TPSA) is 53.5 Å². The van der Waals surface area contributed by atoms with E-state index in [9.17, 15) is 4.79 Å². The summed E-state index contributed by atoms with van der Waals surface area (Å²) in [5.41, 5.74) is 0.320. The van der Waals surface area contributed by atoms with Crippen LogP contribution < -0.4 is 10.6 Å². The molecule has 2 saturated carbocycles. The third kappa shape index (κ3) is 1.90. The van der Waals surface area contributed by atoms with Crippen molar-refractivity contribution in [2.24, 2.45) is 10.9 Å². The van der Waals surface area contributed by atoms with Gasteiger partial charge < -0.3 is 5.32 Å². The highest BCUT2D eigenvalue weighted by Gasteiger charge is 2.56. The summed E-state index contributed by atoms with van der Waals surface area (Å²) in [4.78, 5) is 17.1. The summed E-state index contributed by atoms with van der Waals surface area (Å²) in [5, 5.41) is 6.97. The number of guanidine groups is 1. The van der Waals surface area contributed by atoms with Gasteiger partial charge in [-0.2, -0.15) is 0 Å². The minimum atomic E-state index is -0.654. The molecule has 0 bridgehead atoms. The number of hydrogen-bond acceptors (Lipinski definition) is 2. The quantitative estimate of drug-likeness (QED) is 0.896. The van der Waals surface area contributed by atoms with E-state index in [1.165, 1.54) is 0 Å². The average Bonchev–Trinajstić information content (AvgIpc) is 3.31. The van der Waals surface area contributed by atoms with E-state index in [4.69, 9.17) is 11.6 Å². The molecule has 1 aromatic carbocycles. The van der Waals surface area contributed by atoms with E-state index in [1.807, 2.05) is 24.3 Å². The van der Waals surface area contributed by atoms with E-state index in [1.54, 1.807) is 0 Å². The summed E-state index contributed by atoms with van der Waals surface area (Å²) >= 11 is 5.96. The van der Waals surface area contributed by atoms with Crippen molar-refractivity contribution in [2.45, 2.75) is 37.3 Å². The number of amides is 1. The molecule has 2 N–H and O–H groups in total. The van der Waals surface area contributed by atoms with Gasteiger partial charge in [0.1, 0.15) is 5.54 Å². The Morgan fingerprint density at radius 3 is 2.45 bits per heavy atom. The maximum Gasteiger partial charge on any atom is 0.257 e. The molecule has 5 heteroatoms. The van der Waals surface area contributed by atoms with Crippen molar-refractivity contribution in [3.63, 3.8) is 0 Å². The molecule has 1 saturated heterocycles. The Hall–Kier alpha value is -1.55. The first-order valence-electron chi connectivity index (χ1n) is 7.12. The monoisotopic (exact) mass is 289 g/mol. The van der Waals surface area contributed by atoms with Crippen LogP contribution in [0.3, 0.4) is 0 Å². The standard InChI is InChI=1S/C15H16ClN3O/c16-11-5-3-10(4-6-11)15(9-1-2-9)13(20)18-14(19-15)17-12-7-8-12/h3-6,9,12H,1-2,7-8H2,(H2,17,18,19,20). The van der Waals surface area contributed by atoms with Crippen LogP contribution in [0.4, 0.5) is 0 Å². The van der Waals surface area contributed by atoms with Gasteiger partial charge >= 0.3 is 0 Å². The number of rotatable bonds is 3. The normalized spacial score (nSPS) is 31.2. The molecule has 0 spiro atoms. The lowest BCUT2D eigenvalue weighted by Crippen LogP contribution is -2.46. The molecule has 4 rings (SSSR count). The minimum absolute atomic E-state index is 0.0155. The third-order valence-electron chi connectivity index (χ3n) is 4.25. The second-order valence-corrected chi connectivity index (χ2v) is 6.31. The number of benzene rings is 1. The molecule has 20 heavy (non-hydrogen) atoms. The highest BCUT2D eigenvalue weighted by atomic mass is 35.5. The van der Waals surface area contributed by atoms with Crippen LogP contribution in [0, 0.1) is 5.92 Å². The lowest BCUT2D eigenvalue weighted by molar-refractivity contribution is -0.125. The van der Waals surface area contributed by atoms with Crippen molar-refractivity contribution in [1.82, 2.24) is 10.6 Å². The summed E-state index contributed by atoms with van der Waals surface area (Å²) in [7, 11) is 0. The number of nitrogens with zero attached hydrogens (tertiary/aromatic N) is 1. The molecule has 1 aliphatic heterocycles. The van der Waals surface area contributed by atoms with Crippen molar-refractivity contribution in [3.05, 3.63) is 34.9 Å². The van der Waals surface area contributed by atoms with Gasteiger partial charge in [0.25, 0.3) is 5.91 Å². The molecule has 1 unspecified atom stereocenters. The van der Waals surface area contributed by atoms with Crippen LogP contribution in [-0.2, 0) is 10.3 Å². The van der Waals surface area contributed by atoms with E-state index < -0.39 is 5.54 Å².